The minimum Gasteiger partial charge on any atom is -0.313 e. The van der Waals surface area contributed by atoms with Crippen molar-refractivity contribution in [2.75, 3.05) is 6.54 Å². The fraction of sp³-hybridized carbons (Fsp3) is 0.562. The summed E-state index contributed by atoms with van der Waals surface area (Å²) in [6.45, 7) is 3.18. The minimum absolute atomic E-state index is 0.0683. The van der Waals surface area contributed by atoms with Crippen LogP contribution in [0.25, 0.3) is 0 Å². The fourth-order valence-electron chi connectivity index (χ4n) is 3.54. The molecule has 3 rings (SSSR count). The minimum atomic E-state index is -0.226. The van der Waals surface area contributed by atoms with Crippen LogP contribution in [0.15, 0.2) is 18.2 Å². The zero-order chi connectivity index (χ0) is 13.4. The highest BCUT2D eigenvalue weighted by molar-refractivity contribution is 6.02. The maximum absolute atomic E-state index is 13.8. The summed E-state index contributed by atoms with van der Waals surface area (Å²) in [5, 5.41) is 3.47. The van der Waals surface area contributed by atoms with Gasteiger partial charge >= 0.3 is 0 Å². The van der Waals surface area contributed by atoms with Crippen LogP contribution in [-0.4, -0.2) is 18.4 Å². The topological polar surface area (TPSA) is 29.1 Å². The Morgan fingerprint density at radius 3 is 3.00 bits per heavy atom. The van der Waals surface area contributed by atoms with E-state index in [9.17, 15) is 9.18 Å². The van der Waals surface area contributed by atoms with Gasteiger partial charge in [-0.3, -0.25) is 4.79 Å². The average molecular weight is 261 g/mol. The van der Waals surface area contributed by atoms with Gasteiger partial charge in [0.15, 0.2) is 5.78 Å². The second-order valence-corrected chi connectivity index (χ2v) is 5.80. The molecule has 1 heterocycles. The third-order valence-electron chi connectivity index (χ3n) is 4.75. The normalized spacial score (nSPS) is 30.4. The van der Waals surface area contributed by atoms with Crippen molar-refractivity contribution in [1.29, 1.82) is 0 Å². The molecule has 1 fully saturated rings. The van der Waals surface area contributed by atoms with Gasteiger partial charge in [-0.25, -0.2) is 4.39 Å². The standard InChI is InChI=1S/C16H20FNO/c1-2-10-6-7-18-15(8-10)13-9-12-11(16(13)19)4-3-5-14(12)17/h3-5,10,13,15,18H,2,6-9H2,1H3. The summed E-state index contributed by atoms with van der Waals surface area (Å²) in [6, 6.07) is 5.08. The van der Waals surface area contributed by atoms with E-state index in [1.54, 1.807) is 12.1 Å². The molecule has 0 saturated carbocycles. The first-order valence-corrected chi connectivity index (χ1v) is 7.25. The monoisotopic (exact) mass is 261 g/mol. The number of carbonyl (C=O) groups excluding carboxylic acids is 1. The molecule has 1 N–H and O–H groups in total. The van der Waals surface area contributed by atoms with Crippen molar-refractivity contribution in [3.8, 4) is 0 Å². The van der Waals surface area contributed by atoms with Crippen molar-refractivity contribution >= 4 is 5.78 Å². The molecule has 0 amide bonds. The second kappa shape index (κ2) is 5.04. The SMILES string of the molecule is CCC1CCNC(C2Cc3c(F)cccc3C2=O)C1. The molecule has 1 aromatic rings. The number of hydrogen-bond acceptors (Lipinski definition) is 2. The van der Waals surface area contributed by atoms with E-state index in [4.69, 9.17) is 0 Å². The lowest BCUT2D eigenvalue weighted by atomic mass is 9.82. The molecule has 102 valence electrons. The molecule has 1 saturated heterocycles. The number of nitrogens with one attached hydrogen (secondary N) is 1. The Morgan fingerprint density at radius 1 is 1.42 bits per heavy atom. The van der Waals surface area contributed by atoms with Gasteiger partial charge in [0, 0.05) is 17.5 Å². The number of Topliss-reactive ketones (excluding diaryl/α,β-unsaturated/α-hetero) is 1. The van der Waals surface area contributed by atoms with E-state index in [0.717, 1.165) is 13.0 Å². The van der Waals surface area contributed by atoms with Crippen molar-refractivity contribution < 1.29 is 9.18 Å². The predicted molar refractivity (Wildman–Crippen MR) is 72.7 cm³/mol. The van der Waals surface area contributed by atoms with Gasteiger partial charge in [-0.1, -0.05) is 25.5 Å². The number of piperidine rings is 1. The highest BCUT2D eigenvalue weighted by Crippen LogP contribution is 2.34. The van der Waals surface area contributed by atoms with E-state index >= 15 is 0 Å². The van der Waals surface area contributed by atoms with Gasteiger partial charge in [0.2, 0.25) is 0 Å². The Kier molecular flexibility index (Phi) is 3.40. The quantitative estimate of drug-likeness (QED) is 0.886. The third kappa shape index (κ3) is 2.20. The fourth-order valence-corrected chi connectivity index (χ4v) is 3.54. The lowest BCUT2D eigenvalue weighted by Gasteiger charge is -2.33. The molecule has 19 heavy (non-hydrogen) atoms. The summed E-state index contributed by atoms with van der Waals surface area (Å²) in [4.78, 5) is 12.4. The molecular formula is C16H20FNO. The van der Waals surface area contributed by atoms with Crippen molar-refractivity contribution in [3.63, 3.8) is 0 Å². The average Bonchev–Trinajstić information content (AvgIpc) is 2.78. The highest BCUT2D eigenvalue weighted by atomic mass is 19.1. The third-order valence-corrected chi connectivity index (χ3v) is 4.75. The molecule has 0 aromatic heterocycles. The second-order valence-electron chi connectivity index (χ2n) is 5.80. The molecule has 2 aliphatic rings. The molecule has 1 aliphatic carbocycles. The van der Waals surface area contributed by atoms with Crippen LogP contribution in [-0.2, 0) is 6.42 Å². The lowest BCUT2D eigenvalue weighted by molar-refractivity contribution is 0.0884. The van der Waals surface area contributed by atoms with Gasteiger partial charge in [-0.05, 0) is 43.4 Å². The van der Waals surface area contributed by atoms with Crippen molar-refractivity contribution in [3.05, 3.63) is 35.1 Å². The van der Waals surface area contributed by atoms with Crippen LogP contribution < -0.4 is 5.32 Å². The number of fused-ring (bicyclic) bond motifs is 1. The first kappa shape index (κ1) is 12.8. The molecule has 0 radical (unpaired) electrons. The Bertz CT molecular complexity index is 500. The molecule has 3 unspecified atom stereocenters. The van der Waals surface area contributed by atoms with E-state index in [-0.39, 0.29) is 23.6 Å². The molecule has 2 nitrogen and oxygen atoms in total. The maximum atomic E-state index is 13.8. The van der Waals surface area contributed by atoms with E-state index < -0.39 is 0 Å². The number of halogens is 1. The van der Waals surface area contributed by atoms with Gasteiger partial charge in [0.25, 0.3) is 0 Å². The van der Waals surface area contributed by atoms with Crippen LogP contribution in [0.1, 0.15) is 42.1 Å². The number of hydrogen-bond donors (Lipinski definition) is 1. The molecule has 1 aliphatic heterocycles. The van der Waals surface area contributed by atoms with Crippen LogP contribution in [0.2, 0.25) is 0 Å². The molecule has 0 spiro atoms. The first-order valence-electron chi connectivity index (χ1n) is 7.25. The Hall–Kier alpha value is -1.22. The van der Waals surface area contributed by atoms with Gasteiger partial charge in [0.1, 0.15) is 5.82 Å². The molecule has 3 atom stereocenters. The zero-order valence-corrected chi connectivity index (χ0v) is 11.3. The number of benzene rings is 1. The van der Waals surface area contributed by atoms with Gasteiger partial charge in [0.05, 0.1) is 0 Å². The molecule has 3 heteroatoms. The largest absolute Gasteiger partial charge is 0.313 e. The Balaban J connectivity index is 1.82. The Labute approximate surface area is 113 Å². The van der Waals surface area contributed by atoms with Crippen LogP contribution in [0.3, 0.4) is 0 Å². The van der Waals surface area contributed by atoms with E-state index in [0.29, 0.717) is 23.5 Å². The summed E-state index contributed by atoms with van der Waals surface area (Å²) in [5.41, 5.74) is 1.23. The predicted octanol–water partition coefficient (Wildman–Crippen LogP) is 2.96. The summed E-state index contributed by atoms with van der Waals surface area (Å²) >= 11 is 0. The van der Waals surface area contributed by atoms with Gasteiger partial charge in [-0.2, -0.15) is 0 Å². The Morgan fingerprint density at radius 2 is 2.26 bits per heavy atom. The number of ketones is 1. The maximum Gasteiger partial charge on any atom is 0.168 e. The van der Waals surface area contributed by atoms with Crippen molar-refractivity contribution in [2.45, 2.75) is 38.6 Å². The molecule has 0 bridgehead atoms. The first-order chi connectivity index (χ1) is 9.20. The zero-order valence-electron chi connectivity index (χ0n) is 11.3. The van der Waals surface area contributed by atoms with Crippen molar-refractivity contribution in [1.82, 2.24) is 5.32 Å². The van der Waals surface area contributed by atoms with Crippen LogP contribution in [0, 0.1) is 17.7 Å². The smallest absolute Gasteiger partial charge is 0.168 e. The van der Waals surface area contributed by atoms with Gasteiger partial charge in [-0.15, -0.1) is 0 Å². The van der Waals surface area contributed by atoms with E-state index in [2.05, 4.69) is 12.2 Å². The van der Waals surface area contributed by atoms with Crippen LogP contribution in [0.5, 0.6) is 0 Å². The summed E-state index contributed by atoms with van der Waals surface area (Å²) in [6.07, 6.45) is 3.97. The number of carbonyl (C=O) groups is 1. The number of rotatable bonds is 2. The highest BCUT2D eigenvalue weighted by Gasteiger charge is 2.39. The lowest BCUT2D eigenvalue weighted by Crippen LogP contribution is -2.45. The van der Waals surface area contributed by atoms with Crippen LogP contribution in [0.4, 0.5) is 4.39 Å². The van der Waals surface area contributed by atoms with Crippen molar-refractivity contribution in [2.24, 2.45) is 11.8 Å². The summed E-state index contributed by atoms with van der Waals surface area (Å²) in [5.74, 6) is 0.536. The van der Waals surface area contributed by atoms with E-state index in [1.165, 1.54) is 18.9 Å². The molecular weight excluding hydrogens is 241 g/mol. The van der Waals surface area contributed by atoms with Crippen LogP contribution >= 0.6 is 0 Å². The van der Waals surface area contributed by atoms with E-state index in [1.807, 2.05) is 0 Å². The van der Waals surface area contributed by atoms with Gasteiger partial charge < -0.3 is 5.32 Å². The summed E-state index contributed by atoms with van der Waals surface area (Å²) in [7, 11) is 0. The summed E-state index contributed by atoms with van der Waals surface area (Å²) < 4.78 is 13.8. The molecule has 1 aromatic carbocycles.